The topological polar surface area (TPSA) is 41.9 Å². The van der Waals surface area contributed by atoms with Crippen LogP contribution >= 0.6 is 0 Å². The molecular formula is C21H15F9N4. The predicted octanol–water partition coefficient (Wildman–Crippen LogP) is 6.13. The summed E-state index contributed by atoms with van der Waals surface area (Å²) in [5.74, 6) is 0. The lowest BCUT2D eigenvalue weighted by molar-refractivity contribution is -0.142. The summed E-state index contributed by atoms with van der Waals surface area (Å²) in [6.45, 7) is -0.959. The third-order valence-corrected chi connectivity index (χ3v) is 4.45. The maximum atomic E-state index is 13.0. The number of hydrogen-bond donors (Lipinski definition) is 0. The molecule has 0 aromatic carbocycles. The molecule has 0 aliphatic heterocycles. The SMILES string of the molecule is FC(F)(F)c1cccc(CN(Cc2cccc(C(F)(F)F)n2)Cc2cccc(C(F)(F)F)n2)n1. The van der Waals surface area contributed by atoms with Crippen LogP contribution in [0.4, 0.5) is 39.5 Å². The quantitative estimate of drug-likeness (QED) is 0.387. The molecule has 0 unspecified atom stereocenters. The van der Waals surface area contributed by atoms with Crippen molar-refractivity contribution in [3.63, 3.8) is 0 Å². The molecule has 3 aromatic rings. The van der Waals surface area contributed by atoms with Gasteiger partial charge in [0.25, 0.3) is 0 Å². The van der Waals surface area contributed by atoms with Crippen molar-refractivity contribution >= 4 is 0 Å². The number of hydrogen-bond acceptors (Lipinski definition) is 4. The van der Waals surface area contributed by atoms with Gasteiger partial charge in [0.15, 0.2) is 0 Å². The van der Waals surface area contributed by atoms with E-state index in [0.29, 0.717) is 0 Å². The minimum atomic E-state index is -4.73. The average Bonchev–Trinajstić information content (AvgIpc) is 2.72. The zero-order chi connectivity index (χ0) is 25.1. The Balaban J connectivity index is 1.92. The maximum Gasteiger partial charge on any atom is 0.433 e. The van der Waals surface area contributed by atoms with Crippen LogP contribution in [0.3, 0.4) is 0 Å². The van der Waals surface area contributed by atoms with E-state index in [2.05, 4.69) is 15.0 Å². The lowest BCUT2D eigenvalue weighted by atomic mass is 10.2. The lowest BCUT2D eigenvalue weighted by Crippen LogP contribution is -2.25. The zero-order valence-electron chi connectivity index (χ0n) is 17.0. The molecule has 0 spiro atoms. The Labute approximate surface area is 187 Å². The third kappa shape index (κ3) is 6.89. The standard InChI is InChI=1S/C21H15F9N4/c22-19(23,24)16-7-1-4-13(31-16)10-34(11-14-5-2-8-17(32-14)20(25,26)27)12-15-6-3-9-18(33-15)21(28,29)30/h1-9H,10-12H2. The van der Waals surface area contributed by atoms with Gasteiger partial charge in [-0.25, -0.2) is 15.0 Å². The molecule has 0 saturated heterocycles. The second-order valence-corrected chi connectivity index (χ2v) is 7.18. The molecule has 0 fully saturated rings. The van der Waals surface area contributed by atoms with E-state index in [9.17, 15) is 39.5 Å². The lowest BCUT2D eigenvalue weighted by Gasteiger charge is -2.22. The van der Waals surface area contributed by atoms with Crippen LogP contribution in [0.15, 0.2) is 54.6 Å². The van der Waals surface area contributed by atoms with Crippen molar-refractivity contribution in [2.45, 2.75) is 38.2 Å². The molecule has 13 heteroatoms. The second-order valence-electron chi connectivity index (χ2n) is 7.18. The van der Waals surface area contributed by atoms with Gasteiger partial charge >= 0.3 is 18.5 Å². The van der Waals surface area contributed by atoms with Crippen molar-refractivity contribution < 1.29 is 39.5 Å². The van der Waals surface area contributed by atoms with Gasteiger partial charge in [-0.3, -0.25) is 4.90 Å². The molecule has 182 valence electrons. The van der Waals surface area contributed by atoms with Crippen molar-refractivity contribution in [1.29, 1.82) is 0 Å². The minimum Gasteiger partial charge on any atom is -0.286 e. The monoisotopic (exact) mass is 494 g/mol. The Morgan fingerprint density at radius 3 is 0.971 bits per heavy atom. The van der Waals surface area contributed by atoms with Crippen LogP contribution < -0.4 is 0 Å². The normalized spacial score (nSPS) is 12.9. The largest absolute Gasteiger partial charge is 0.433 e. The summed E-state index contributed by atoms with van der Waals surface area (Å²) < 4.78 is 117. The summed E-state index contributed by atoms with van der Waals surface area (Å²) in [5, 5.41) is 0. The van der Waals surface area contributed by atoms with Crippen molar-refractivity contribution in [1.82, 2.24) is 19.9 Å². The first-order chi connectivity index (χ1) is 15.7. The van der Waals surface area contributed by atoms with Crippen molar-refractivity contribution in [2.24, 2.45) is 0 Å². The summed E-state index contributed by atoms with van der Waals surface area (Å²) in [6, 6.07) is 9.35. The van der Waals surface area contributed by atoms with Gasteiger partial charge in [0.2, 0.25) is 0 Å². The third-order valence-electron chi connectivity index (χ3n) is 4.45. The molecule has 34 heavy (non-hydrogen) atoms. The molecule has 0 aliphatic carbocycles. The predicted molar refractivity (Wildman–Crippen MR) is 101 cm³/mol. The van der Waals surface area contributed by atoms with Crippen LogP contribution in [0.1, 0.15) is 34.2 Å². The fourth-order valence-electron chi connectivity index (χ4n) is 3.03. The molecule has 3 heterocycles. The summed E-state index contributed by atoms with van der Waals surface area (Å²) in [6.07, 6.45) is -14.2. The molecule has 0 amide bonds. The van der Waals surface area contributed by atoms with E-state index in [1.165, 1.54) is 23.1 Å². The summed E-state index contributed by atoms with van der Waals surface area (Å²) in [5.41, 5.74) is -3.81. The van der Waals surface area contributed by atoms with Crippen LogP contribution in [0.5, 0.6) is 0 Å². The summed E-state index contributed by atoms with van der Waals surface area (Å²) >= 11 is 0. The first kappa shape index (κ1) is 25.4. The van der Waals surface area contributed by atoms with Crippen LogP contribution in [-0.4, -0.2) is 19.9 Å². The van der Waals surface area contributed by atoms with E-state index in [-0.39, 0.29) is 36.7 Å². The number of nitrogens with zero attached hydrogens (tertiary/aromatic N) is 4. The zero-order valence-corrected chi connectivity index (χ0v) is 17.0. The average molecular weight is 494 g/mol. The van der Waals surface area contributed by atoms with E-state index in [0.717, 1.165) is 36.4 Å². The van der Waals surface area contributed by atoms with Crippen molar-refractivity contribution in [3.05, 3.63) is 88.8 Å². The van der Waals surface area contributed by atoms with Gasteiger partial charge in [-0.2, -0.15) is 39.5 Å². The van der Waals surface area contributed by atoms with Gasteiger partial charge in [0.05, 0.1) is 17.1 Å². The number of rotatable bonds is 6. The molecule has 0 aliphatic rings. The number of halogens is 9. The highest BCUT2D eigenvalue weighted by Gasteiger charge is 2.34. The Bertz CT molecular complexity index is 982. The second kappa shape index (κ2) is 9.57. The van der Waals surface area contributed by atoms with Gasteiger partial charge in [-0.1, -0.05) is 18.2 Å². The van der Waals surface area contributed by atoms with Crippen molar-refractivity contribution in [3.8, 4) is 0 Å². The molecule has 3 rings (SSSR count). The highest BCUT2D eigenvalue weighted by Crippen LogP contribution is 2.30. The van der Waals surface area contributed by atoms with E-state index in [4.69, 9.17) is 0 Å². The fourth-order valence-corrected chi connectivity index (χ4v) is 3.03. The Morgan fingerprint density at radius 2 is 0.735 bits per heavy atom. The van der Waals surface area contributed by atoms with Gasteiger partial charge in [-0.05, 0) is 36.4 Å². The number of pyridine rings is 3. The Kier molecular flexibility index (Phi) is 7.15. The Morgan fingerprint density at radius 1 is 0.471 bits per heavy atom. The van der Waals surface area contributed by atoms with Gasteiger partial charge in [0.1, 0.15) is 17.1 Å². The Hall–Kier alpha value is -3.22. The smallest absolute Gasteiger partial charge is 0.286 e. The molecule has 3 aromatic heterocycles. The van der Waals surface area contributed by atoms with E-state index in [1.807, 2.05) is 0 Å². The van der Waals surface area contributed by atoms with Gasteiger partial charge in [-0.15, -0.1) is 0 Å². The number of aromatic nitrogens is 3. The van der Waals surface area contributed by atoms with Gasteiger partial charge in [0, 0.05) is 19.6 Å². The first-order valence-electron chi connectivity index (χ1n) is 9.53. The van der Waals surface area contributed by atoms with Crippen LogP contribution in [0.25, 0.3) is 0 Å². The number of alkyl halides is 9. The molecule has 0 radical (unpaired) electrons. The first-order valence-corrected chi connectivity index (χ1v) is 9.53. The molecule has 4 nitrogen and oxygen atoms in total. The molecule has 0 bridgehead atoms. The molecule has 0 saturated carbocycles. The van der Waals surface area contributed by atoms with E-state index < -0.39 is 35.6 Å². The maximum absolute atomic E-state index is 13.0. The molecule has 0 N–H and O–H groups in total. The van der Waals surface area contributed by atoms with E-state index in [1.54, 1.807) is 0 Å². The van der Waals surface area contributed by atoms with Crippen LogP contribution in [0, 0.1) is 0 Å². The van der Waals surface area contributed by atoms with E-state index >= 15 is 0 Å². The van der Waals surface area contributed by atoms with Crippen LogP contribution in [-0.2, 0) is 38.2 Å². The van der Waals surface area contributed by atoms with Gasteiger partial charge < -0.3 is 0 Å². The highest BCUT2D eigenvalue weighted by atomic mass is 19.4. The van der Waals surface area contributed by atoms with Crippen molar-refractivity contribution in [2.75, 3.05) is 0 Å². The van der Waals surface area contributed by atoms with Crippen LogP contribution in [0.2, 0.25) is 0 Å². The highest BCUT2D eigenvalue weighted by molar-refractivity contribution is 5.17. The molecular weight excluding hydrogens is 479 g/mol. The minimum absolute atomic E-state index is 0.0891. The molecule has 0 atom stereocenters. The summed E-state index contributed by atoms with van der Waals surface area (Å²) in [4.78, 5) is 11.8. The fraction of sp³-hybridized carbons (Fsp3) is 0.286. The summed E-state index contributed by atoms with van der Waals surface area (Å²) in [7, 11) is 0.